The molecule has 0 amide bonds. The molecule has 2 heterocycles. The molecule has 0 saturated heterocycles. The summed E-state index contributed by atoms with van der Waals surface area (Å²) in [5.74, 6) is 0.597. The Morgan fingerprint density at radius 1 is 1.24 bits per heavy atom. The van der Waals surface area contributed by atoms with Crippen molar-refractivity contribution in [1.29, 1.82) is 0 Å². The van der Waals surface area contributed by atoms with E-state index in [0.717, 1.165) is 27.4 Å². The molecule has 0 bridgehead atoms. The zero-order valence-electron chi connectivity index (χ0n) is 11.2. The number of hydrogen-bond donors (Lipinski definition) is 2. The SMILES string of the molecule is Cc1cc(Cl)c(CSc2nc3ccc(N)cc3[nH]2)c(Cl)n1. The molecule has 3 aromatic rings. The molecule has 7 heteroatoms. The van der Waals surface area contributed by atoms with Crippen LogP contribution in [-0.4, -0.2) is 15.0 Å². The molecule has 0 fully saturated rings. The average molecular weight is 339 g/mol. The van der Waals surface area contributed by atoms with Gasteiger partial charge in [-0.05, 0) is 31.2 Å². The quantitative estimate of drug-likeness (QED) is 0.420. The molecule has 108 valence electrons. The van der Waals surface area contributed by atoms with Crippen LogP contribution in [0.5, 0.6) is 0 Å². The molecule has 0 aliphatic rings. The van der Waals surface area contributed by atoms with Gasteiger partial charge in [0.15, 0.2) is 5.16 Å². The van der Waals surface area contributed by atoms with Crippen LogP contribution >= 0.6 is 35.0 Å². The Morgan fingerprint density at radius 3 is 2.81 bits per heavy atom. The van der Waals surface area contributed by atoms with E-state index in [0.29, 0.717) is 21.6 Å². The Hall–Kier alpha value is -1.43. The topological polar surface area (TPSA) is 67.6 Å². The maximum Gasteiger partial charge on any atom is 0.166 e. The molecule has 0 radical (unpaired) electrons. The van der Waals surface area contributed by atoms with E-state index in [4.69, 9.17) is 28.9 Å². The van der Waals surface area contributed by atoms with Crippen LogP contribution < -0.4 is 5.73 Å². The Kier molecular flexibility index (Phi) is 3.97. The zero-order valence-corrected chi connectivity index (χ0v) is 13.5. The van der Waals surface area contributed by atoms with E-state index in [2.05, 4.69) is 15.0 Å². The third-order valence-corrected chi connectivity index (χ3v) is 4.53. The highest BCUT2D eigenvalue weighted by atomic mass is 35.5. The highest BCUT2D eigenvalue weighted by molar-refractivity contribution is 7.98. The van der Waals surface area contributed by atoms with Gasteiger partial charge in [-0.1, -0.05) is 35.0 Å². The summed E-state index contributed by atoms with van der Waals surface area (Å²) in [6.07, 6.45) is 0. The highest BCUT2D eigenvalue weighted by Gasteiger charge is 2.11. The number of rotatable bonds is 3. The number of anilines is 1. The summed E-state index contributed by atoms with van der Waals surface area (Å²) < 4.78 is 0. The van der Waals surface area contributed by atoms with Crippen LogP contribution in [0.3, 0.4) is 0 Å². The fraction of sp³-hybridized carbons (Fsp3) is 0.143. The van der Waals surface area contributed by atoms with Gasteiger partial charge in [-0.3, -0.25) is 0 Å². The maximum absolute atomic E-state index is 6.22. The minimum absolute atomic E-state index is 0.438. The van der Waals surface area contributed by atoms with Gasteiger partial charge in [0.1, 0.15) is 5.15 Å². The molecule has 0 aliphatic carbocycles. The lowest BCUT2D eigenvalue weighted by Gasteiger charge is -2.06. The van der Waals surface area contributed by atoms with Crippen LogP contribution in [0.2, 0.25) is 10.2 Å². The number of H-pyrrole nitrogens is 1. The molecule has 4 nitrogen and oxygen atoms in total. The van der Waals surface area contributed by atoms with Gasteiger partial charge < -0.3 is 10.7 Å². The number of aryl methyl sites for hydroxylation is 1. The van der Waals surface area contributed by atoms with E-state index < -0.39 is 0 Å². The molecular weight excluding hydrogens is 327 g/mol. The van der Waals surface area contributed by atoms with Gasteiger partial charge in [0.2, 0.25) is 0 Å². The number of aromatic amines is 1. The number of nitrogens with zero attached hydrogens (tertiary/aromatic N) is 2. The van der Waals surface area contributed by atoms with Crippen LogP contribution in [0, 0.1) is 6.92 Å². The molecule has 3 rings (SSSR count). The predicted molar refractivity (Wildman–Crippen MR) is 89.1 cm³/mol. The summed E-state index contributed by atoms with van der Waals surface area (Å²) in [6.45, 7) is 1.86. The minimum atomic E-state index is 0.438. The summed E-state index contributed by atoms with van der Waals surface area (Å²) in [4.78, 5) is 11.9. The summed E-state index contributed by atoms with van der Waals surface area (Å²) >= 11 is 13.9. The average Bonchev–Trinajstić information content (AvgIpc) is 2.79. The lowest BCUT2D eigenvalue weighted by atomic mass is 10.3. The van der Waals surface area contributed by atoms with Crippen molar-refractivity contribution in [1.82, 2.24) is 15.0 Å². The lowest BCUT2D eigenvalue weighted by Crippen LogP contribution is -1.91. The van der Waals surface area contributed by atoms with Crippen molar-refractivity contribution in [2.75, 3.05) is 5.73 Å². The summed E-state index contributed by atoms with van der Waals surface area (Å²) in [6, 6.07) is 7.39. The van der Waals surface area contributed by atoms with E-state index in [1.807, 2.05) is 31.2 Å². The number of nitrogens with one attached hydrogen (secondary N) is 1. The first-order chi connectivity index (χ1) is 10.0. The number of pyridine rings is 1. The van der Waals surface area contributed by atoms with E-state index >= 15 is 0 Å². The van der Waals surface area contributed by atoms with Crippen molar-refractivity contribution in [3.8, 4) is 0 Å². The van der Waals surface area contributed by atoms with Gasteiger partial charge >= 0.3 is 0 Å². The minimum Gasteiger partial charge on any atom is -0.399 e. The fourth-order valence-electron chi connectivity index (χ4n) is 1.96. The molecule has 0 atom stereocenters. The highest BCUT2D eigenvalue weighted by Crippen LogP contribution is 2.31. The van der Waals surface area contributed by atoms with Crippen LogP contribution in [0.25, 0.3) is 11.0 Å². The van der Waals surface area contributed by atoms with Crippen molar-refractivity contribution in [2.24, 2.45) is 0 Å². The second-order valence-corrected chi connectivity index (χ2v) is 6.35. The van der Waals surface area contributed by atoms with Gasteiger partial charge in [-0.25, -0.2) is 9.97 Å². The first-order valence-electron chi connectivity index (χ1n) is 6.22. The number of nitrogen functional groups attached to an aromatic ring is 1. The number of thioether (sulfide) groups is 1. The molecule has 2 aromatic heterocycles. The number of fused-ring (bicyclic) bond motifs is 1. The van der Waals surface area contributed by atoms with Crippen molar-refractivity contribution in [3.63, 3.8) is 0 Å². The van der Waals surface area contributed by atoms with Crippen LogP contribution in [0.1, 0.15) is 11.3 Å². The Balaban J connectivity index is 1.83. The van der Waals surface area contributed by atoms with Gasteiger partial charge in [-0.2, -0.15) is 0 Å². The number of imidazole rings is 1. The van der Waals surface area contributed by atoms with Gasteiger partial charge in [-0.15, -0.1) is 0 Å². The Labute approximate surface area is 136 Å². The summed E-state index contributed by atoms with van der Waals surface area (Å²) in [5.41, 5.74) is 9.87. The predicted octanol–water partition coefficient (Wildman–Crippen LogP) is 4.45. The Bertz CT molecular complexity index is 793. The van der Waals surface area contributed by atoms with Gasteiger partial charge in [0.05, 0.1) is 11.0 Å². The second kappa shape index (κ2) is 5.75. The molecular formula is C14H12Cl2N4S. The second-order valence-electron chi connectivity index (χ2n) is 4.62. The van der Waals surface area contributed by atoms with E-state index in [9.17, 15) is 0 Å². The summed E-state index contributed by atoms with van der Waals surface area (Å²) in [5, 5.41) is 1.86. The molecule has 0 aliphatic heterocycles. The fourth-order valence-corrected chi connectivity index (χ4v) is 3.71. The maximum atomic E-state index is 6.22. The lowest BCUT2D eigenvalue weighted by molar-refractivity contribution is 1.08. The molecule has 21 heavy (non-hydrogen) atoms. The van der Waals surface area contributed by atoms with Crippen LogP contribution in [0.15, 0.2) is 29.4 Å². The van der Waals surface area contributed by atoms with Crippen molar-refractivity contribution >= 4 is 51.7 Å². The standard InChI is InChI=1S/C14H12Cl2N4S/c1-7-4-10(15)9(13(16)18-7)6-21-14-19-11-3-2-8(17)5-12(11)20-14/h2-5H,6,17H2,1H3,(H,19,20). The Morgan fingerprint density at radius 2 is 2.05 bits per heavy atom. The number of nitrogens with two attached hydrogens (primary N) is 1. The van der Waals surface area contributed by atoms with Gasteiger partial charge in [0, 0.05) is 27.7 Å². The first-order valence-corrected chi connectivity index (χ1v) is 7.96. The monoisotopic (exact) mass is 338 g/mol. The molecule has 1 aromatic carbocycles. The first kappa shape index (κ1) is 14.5. The molecule has 0 unspecified atom stereocenters. The third kappa shape index (κ3) is 3.10. The summed E-state index contributed by atoms with van der Waals surface area (Å²) in [7, 11) is 0. The molecule has 0 saturated carbocycles. The molecule has 0 spiro atoms. The largest absolute Gasteiger partial charge is 0.399 e. The third-order valence-electron chi connectivity index (χ3n) is 2.98. The van der Waals surface area contributed by atoms with E-state index in [-0.39, 0.29) is 0 Å². The molecule has 3 N–H and O–H groups in total. The van der Waals surface area contributed by atoms with Crippen molar-refractivity contribution in [3.05, 3.63) is 45.7 Å². The van der Waals surface area contributed by atoms with Crippen molar-refractivity contribution in [2.45, 2.75) is 17.8 Å². The van der Waals surface area contributed by atoms with Gasteiger partial charge in [0.25, 0.3) is 0 Å². The van der Waals surface area contributed by atoms with Crippen LogP contribution in [0.4, 0.5) is 5.69 Å². The zero-order chi connectivity index (χ0) is 15.0. The number of hydrogen-bond acceptors (Lipinski definition) is 4. The normalized spacial score (nSPS) is 11.2. The number of benzene rings is 1. The van der Waals surface area contributed by atoms with E-state index in [1.165, 1.54) is 11.8 Å². The van der Waals surface area contributed by atoms with E-state index in [1.54, 1.807) is 0 Å². The number of aromatic nitrogens is 3. The number of halogens is 2. The van der Waals surface area contributed by atoms with Crippen molar-refractivity contribution < 1.29 is 0 Å². The smallest absolute Gasteiger partial charge is 0.166 e. The van der Waals surface area contributed by atoms with Crippen LogP contribution in [-0.2, 0) is 5.75 Å².